The molecule has 1 fully saturated rings. The van der Waals surface area contributed by atoms with Gasteiger partial charge in [-0.3, -0.25) is 9.42 Å². The van der Waals surface area contributed by atoms with Crippen LogP contribution in [0.15, 0.2) is 24.3 Å². The highest BCUT2D eigenvalue weighted by atomic mass is 35.5. The summed E-state index contributed by atoms with van der Waals surface area (Å²) in [7, 11) is -0.387. The molecule has 1 atom stereocenters. The molecule has 1 heterocycles. The standard InChI is InChI=1S/C19H31ClN3O2P/c1-15(2)26(3)25-22-9-12-23-10-7-16(8-11-23)14-21-19(24)17-5-4-6-18(20)13-17/h4-6,13,15-16,22H,7-12,14H2,1-3H3,(H,21,24). The highest BCUT2D eigenvalue weighted by molar-refractivity contribution is 7.52. The zero-order chi connectivity index (χ0) is 18.9. The molecule has 1 aliphatic heterocycles. The number of carbonyl (C=O) groups is 1. The lowest BCUT2D eigenvalue weighted by Gasteiger charge is -2.32. The number of likely N-dealkylation sites (tertiary alicyclic amines) is 1. The molecule has 0 aliphatic carbocycles. The molecule has 2 N–H and O–H groups in total. The summed E-state index contributed by atoms with van der Waals surface area (Å²) in [5.41, 5.74) is 4.31. The van der Waals surface area contributed by atoms with Crippen LogP contribution in [0.25, 0.3) is 0 Å². The minimum absolute atomic E-state index is 0.0440. The number of benzene rings is 1. The molecule has 0 saturated carbocycles. The van der Waals surface area contributed by atoms with Crippen molar-refractivity contribution in [2.45, 2.75) is 32.3 Å². The monoisotopic (exact) mass is 399 g/mol. The van der Waals surface area contributed by atoms with Gasteiger partial charge in [-0.25, -0.2) is 0 Å². The molecule has 0 radical (unpaired) electrons. The molecule has 1 aromatic rings. The van der Waals surface area contributed by atoms with Crippen molar-refractivity contribution in [1.29, 1.82) is 0 Å². The van der Waals surface area contributed by atoms with E-state index in [-0.39, 0.29) is 14.1 Å². The van der Waals surface area contributed by atoms with E-state index in [1.54, 1.807) is 24.3 Å². The summed E-state index contributed by atoms with van der Waals surface area (Å²) in [6.07, 6.45) is 2.23. The Hall–Kier alpha value is -0.710. The van der Waals surface area contributed by atoms with Crippen molar-refractivity contribution in [3.05, 3.63) is 34.9 Å². The Morgan fingerprint density at radius 1 is 1.38 bits per heavy atom. The predicted molar refractivity (Wildman–Crippen MR) is 110 cm³/mol. The average Bonchev–Trinajstić information content (AvgIpc) is 2.64. The first kappa shape index (κ1) is 21.6. The van der Waals surface area contributed by atoms with Crippen LogP contribution in [0.5, 0.6) is 0 Å². The molecule has 1 aliphatic rings. The molecule has 0 spiro atoms. The molecule has 7 heteroatoms. The van der Waals surface area contributed by atoms with Crippen molar-refractivity contribution in [3.8, 4) is 0 Å². The van der Waals surface area contributed by atoms with Crippen molar-refractivity contribution < 1.29 is 9.42 Å². The maximum atomic E-state index is 12.2. The molecule has 5 nitrogen and oxygen atoms in total. The lowest BCUT2D eigenvalue weighted by molar-refractivity contribution is 0.0934. The van der Waals surface area contributed by atoms with Crippen molar-refractivity contribution in [3.63, 3.8) is 0 Å². The second kappa shape index (κ2) is 11.2. The Morgan fingerprint density at radius 2 is 2.12 bits per heavy atom. The normalized spacial score (nSPS) is 17.4. The van der Waals surface area contributed by atoms with E-state index in [0.29, 0.717) is 22.2 Å². The van der Waals surface area contributed by atoms with Crippen LogP contribution >= 0.6 is 19.7 Å². The summed E-state index contributed by atoms with van der Waals surface area (Å²) in [4.78, 5) is 14.6. The van der Waals surface area contributed by atoms with Gasteiger partial charge in [0.05, 0.1) is 8.15 Å². The first-order chi connectivity index (χ1) is 12.5. The minimum atomic E-state index is -0.387. The molecule has 0 aromatic heterocycles. The number of halogens is 1. The van der Waals surface area contributed by atoms with Crippen LogP contribution in [0.2, 0.25) is 5.02 Å². The summed E-state index contributed by atoms with van der Waals surface area (Å²) in [6, 6.07) is 7.07. The highest BCUT2D eigenvalue weighted by Crippen LogP contribution is 2.36. The first-order valence-electron chi connectivity index (χ1n) is 9.34. The van der Waals surface area contributed by atoms with Crippen molar-refractivity contribution >= 4 is 25.7 Å². The number of nitrogens with zero attached hydrogens (tertiary/aromatic N) is 1. The third kappa shape index (κ3) is 7.50. The van der Waals surface area contributed by atoms with E-state index in [2.05, 4.69) is 36.2 Å². The van der Waals surface area contributed by atoms with Crippen LogP contribution in [0.3, 0.4) is 0 Å². The number of nitrogens with one attached hydrogen (secondary N) is 2. The van der Waals surface area contributed by atoms with Gasteiger partial charge in [-0.15, -0.1) is 0 Å². The number of hydrogen-bond donors (Lipinski definition) is 2. The third-order valence-electron chi connectivity index (χ3n) is 4.81. The van der Waals surface area contributed by atoms with Crippen LogP contribution in [0.1, 0.15) is 37.0 Å². The van der Waals surface area contributed by atoms with E-state index in [1.165, 1.54) is 0 Å². The number of hydrogen-bond acceptors (Lipinski definition) is 4. The maximum absolute atomic E-state index is 12.2. The molecule has 26 heavy (non-hydrogen) atoms. The fourth-order valence-corrected chi connectivity index (χ4v) is 3.54. The van der Waals surface area contributed by atoms with Gasteiger partial charge in [-0.2, -0.15) is 5.48 Å². The van der Waals surface area contributed by atoms with Gasteiger partial charge >= 0.3 is 0 Å². The van der Waals surface area contributed by atoms with Crippen molar-refractivity contribution in [1.82, 2.24) is 15.7 Å². The van der Waals surface area contributed by atoms with Crippen LogP contribution < -0.4 is 10.8 Å². The summed E-state index contributed by atoms with van der Waals surface area (Å²) < 4.78 is 5.66. The van der Waals surface area contributed by atoms with Gasteiger partial charge in [0.25, 0.3) is 5.91 Å². The molecule has 2 rings (SSSR count). The van der Waals surface area contributed by atoms with Crippen LogP contribution in [0.4, 0.5) is 0 Å². The molecular formula is C19H31ClN3O2P. The van der Waals surface area contributed by atoms with Gasteiger partial charge in [-0.05, 0) is 62.4 Å². The number of hydroxylamine groups is 1. The molecule has 0 bridgehead atoms. The van der Waals surface area contributed by atoms with Crippen molar-refractivity contribution in [2.75, 3.05) is 39.4 Å². The molecular weight excluding hydrogens is 369 g/mol. The van der Waals surface area contributed by atoms with E-state index in [0.717, 1.165) is 45.6 Å². The van der Waals surface area contributed by atoms with Gasteiger partial charge in [0.2, 0.25) is 0 Å². The Bertz CT molecular complexity index is 565. The lowest BCUT2D eigenvalue weighted by atomic mass is 9.96. The SMILES string of the molecule is CC(C)P(C)ONCCN1CCC(CNC(=O)c2cccc(Cl)c2)CC1. The molecule has 1 amide bonds. The molecule has 1 aromatic carbocycles. The third-order valence-corrected chi connectivity index (χ3v) is 6.92. The molecule has 146 valence electrons. The number of rotatable bonds is 9. The Morgan fingerprint density at radius 3 is 2.77 bits per heavy atom. The number of carbonyl (C=O) groups excluding carboxylic acids is 1. The van der Waals surface area contributed by atoms with E-state index in [4.69, 9.17) is 16.2 Å². The second-order valence-electron chi connectivity index (χ2n) is 7.13. The van der Waals surface area contributed by atoms with Gasteiger partial charge in [-0.1, -0.05) is 31.5 Å². The quantitative estimate of drug-likeness (QED) is 0.377. The number of piperidine rings is 1. The predicted octanol–water partition coefficient (Wildman–Crippen LogP) is 3.74. The van der Waals surface area contributed by atoms with Crippen molar-refractivity contribution in [2.24, 2.45) is 5.92 Å². The van der Waals surface area contributed by atoms with E-state index >= 15 is 0 Å². The minimum Gasteiger partial charge on any atom is -0.352 e. The smallest absolute Gasteiger partial charge is 0.251 e. The Balaban J connectivity index is 1.59. The van der Waals surface area contributed by atoms with Gasteiger partial charge in [0, 0.05) is 30.2 Å². The van der Waals surface area contributed by atoms with Gasteiger partial charge < -0.3 is 10.2 Å². The largest absolute Gasteiger partial charge is 0.352 e. The van der Waals surface area contributed by atoms with E-state index in [1.807, 2.05) is 0 Å². The van der Waals surface area contributed by atoms with E-state index in [9.17, 15) is 4.79 Å². The highest BCUT2D eigenvalue weighted by Gasteiger charge is 2.19. The number of amides is 1. The fraction of sp³-hybridized carbons (Fsp3) is 0.632. The fourth-order valence-electron chi connectivity index (χ4n) is 2.84. The zero-order valence-electron chi connectivity index (χ0n) is 16.0. The summed E-state index contributed by atoms with van der Waals surface area (Å²) in [6.45, 7) is 11.3. The zero-order valence-corrected chi connectivity index (χ0v) is 17.7. The summed E-state index contributed by atoms with van der Waals surface area (Å²) in [5, 5.41) is 3.63. The Labute approximate surface area is 163 Å². The van der Waals surface area contributed by atoms with Crippen LogP contribution in [-0.4, -0.2) is 55.9 Å². The maximum Gasteiger partial charge on any atom is 0.251 e. The Kier molecular flexibility index (Phi) is 9.30. The molecule has 1 saturated heterocycles. The van der Waals surface area contributed by atoms with Gasteiger partial charge in [0.15, 0.2) is 0 Å². The first-order valence-corrected chi connectivity index (χ1v) is 11.5. The average molecular weight is 400 g/mol. The summed E-state index contributed by atoms with van der Waals surface area (Å²) >= 11 is 5.94. The topological polar surface area (TPSA) is 53.6 Å². The van der Waals surface area contributed by atoms with Crippen LogP contribution in [-0.2, 0) is 4.62 Å². The van der Waals surface area contributed by atoms with Gasteiger partial charge in [0.1, 0.15) is 0 Å². The summed E-state index contributed by atoms with van der Waals surface area (Å²) in [5.74, 6) is 0.500. The van der Waals surface area contributed by atoms with E-state index < -0.39 is 0 Å². The molecule has 1 unspecified atom stereocenters. The lowest BCUT2D eigenvalue weighted by Crippen LogP contribution is -2.41. The second-order valence-corrected chi connectivity index (χ2v) is 9.88. The van der Waals surface area contributed by atoms with Crippen LogP contribution in [0, 0.1) is 5.92 Å².